The molecular formula is C13H15FN2O4. The quantitative estimate of drug-likeness (QED) is 0.674. The van der Waals surface area contributed by atoms with Crippen LogP contribution in [0.15, 0.2) is 12.1 Å². The minimum Gasteiger partial charge on any atom is -0.394 e. The number of rotatable bonds is 3. The molecule has 0 aromatic heterocycles. The maximum atomic E-state index is 14.0. The van der Waals surface area contributed by atoms with Gasteiger partial charge in [0.15, 0.2) is 0 Å². The maximum absolute atomic E-state index is 14.0. The molecule has 1 aromatic carbocycles. The number of non-ortho nitro benzene ring substituents is 1. The number of aryl methyl sites for hydroxylation is 1. The summed E-state index contributed by atoms with van der Waals surface area (Å²) < 4.78 is 14.0. The van der Waals surface area contributed by atoms with Gasteiger partial charge >= 0.3 is 0 Å². The summed E-state index contributed by atoms with van der Waals surface area (Å²) in [6, 6.07) is 1.71. The van der Waals surface area contributed by atoms with E-state index in [2.05, 4.69) is 0 Å². The second kappa shape index (κ2) is 5.54. The average molecular weight is 282 g/mol. The van der Waals surface area contributed by atoms with Crippen LogP contribution < -0.4 is 0 Å². The predicted octanol–water partition coefficient (Wildman–Crippen LogP) is 1.64. The number of nitro benzene ring substituents is 1. The van der Waals surface area contributed by atoms with Crippen LogP contribution >= 0.6 is 0 Å². The van der Waals surface area contributed by atoms with Crippen LogP contribution in [-0.2, 0) is 0 Å². The summed E-state index contributed by atoms with van der Waals surface area (Å²) >= 11 is 0. The Morgan fingerprint density at radius 1 is 1.60 bits per heavy atom. The molecule has 1 aliphatic heterocycles. The third-order valence-corrected chi connectivity index (χ3v) is 3.53. The fraction of sp³-hybridized carbons (Fsp3) is 0.462. The van der Waals surface area contributed by atoms with Crippen LogP contribution in [0.1, 0.15) is 28.8 Å². The molecule has 1 heterocycles. The molecule has 7 heteroatoms. The Morgan fingerprint density at radius 3 is 2.90 bits per heavy atom. The van der Waals surface area contributed by atoms with E-state index in [9.17, 15) is 24.4 Å². The van der Waals surface area contributed by atoms with Gasteiger partial charge in [0.2, 0.25) is 0 Å². The number of carbonyl (C=O) groups is 1. The van der Waals surface area contributed by atoms with Gasteiger partial charge in [0.1, 0.15) is 5.82 Å². The normalized spacial score (nSPS) is 18.4. The Labute approximate surface area is 115 Å². The molecule has 6 nitrogen and oxygen atoms in total. The second-order valence-corrected chi connectivity index (χ2v) is 4.86. The highest BCUT2D eigenvalue weighted by molar-refractivity contribution is 5.95. The van der Waals surface area contributed by atoms with Crippen molar-refractivity contribution >= 4 is 11.6 Å². The van der Waals surface area contributed by atoms with Crippen LogP contribution in [0.4, 0.5) is 10.1 Å². The summed E-state index contributed by atoms with van der Waals surface area (Å²) in [7, 11) is 0. The van der Waals surface area contributed by atoms with E-state index in [4.69, 9.17) is 0 Å². The van der Waals surface area contributed by atoms with Gasteiger partial charge in [0, 0.05) is 18.7 Å². The molecule has 1 aliphatic rings. The highest BCUT2D eigenvalue weighted by Gasteiger charge is 2.31. The molecule has 1 amide bonds. The van der Waals surface area contributed by atoms with Gasteiger partial charge < -0.3 is 10.0 Å². The lowest BCUT2D eigenvalue weighted by Gasteiger charge is -2.23. The van der Waals surface area contributed by atoms with Crippen LogP contribution in [0.3, 0.4) is 0 Å². The molecule has 0 spiro atoms. The molecule has 20 heavy (non-hydrogen) atoms. The van der Waals surface area contributed by atoms with Crippen molar-refractivity contribution in [3.63, 3.8) is 0 Å². The summed E-state index contributed by atoms with van der Waals surface area (Å²) in [5.41, 5.74) is -0.564. The number of likely N-dealkylation sites (tertiary alicyclic amines) is 1. The number of hydrogen-bond donors (Lipinski definition) is 1. The van der Waals surface area contributed by atoms with E-state index in [1.54, 1.807) is 0 Å². The Bertz CT molecular complexity index is 562. The van der Waals surface area contributed by atoms with Gasteiger partial charge in [-0.1, -0.05) is 0 Å². The molecule has 0 aliphatic carbocycles. The fourth-order valence-corrected chi connectivity index (χ4v) is 2.46. The average Bonchev–Trinajstić information content (AvgIpc) is 2.89. The van der Waals surface area contributed by atoms with E-state index in [0.29, 0.717) is 13.0 Å². The lowest BCUT2D eigenvalue weighted by atomic mass is 10.1. The summed E-state index contributed by atoms with van der Waals surface area (Å²) in [5.74, 6) is -1.35. The molecule has 1 unspecified atom stereocenters. The van der Waals surface area contributed by atoms with Crippen LogP contribution in [0.2, 0.25) is 0 Å². The number of aliphatic hydroxyl groups excluding tert-OH is 1. The molecule has 1 aromatic rings. The van der Waals surface area contributed by atoms with E-state index >= 15 is 0 Å². The zero-order valence-corrected chi connectivity index (χ0v) is 11.0. The van der Waals surface area contributed by atoms with Gasteiger partial charge in [0.05, 0.1) is 23.1 Å². The highest BCUT2D eigenvalue weighted by Crippen LogP contribution is 2.25. The van der Waals surface area contributed by atoms with Crippen molar-refractivity contribution in [2.75, 3.05) is 13.2 Å². The first-order valence-corrected chi connectivity index (χ1v) is 6.32. The molecular weight excluding hydrogens is 267 g/mol. The molecule has 1 N–H and O–H groups in total. The maximum Gasteiger partial charge on any atom is 0.270 e. The van der Waals surface area contributed by atoms with Crippen LogP contribution in [0.25, 0.3) is 0 Å². The molecule has 1 fully saturated rings. The number of halogens is 1. The number of benzene rings is 1. The Kier molecular flexibility index (Phi) is 3.99. The van der Waals surface area contributed by atoms with E-state index < -0.39 is 16.6 Å². The summed E-state index contributed by atoms with van der Waals surface area (Å²) in [6.07, 6.45) is 1.38. The number of hydrogen-bond acceptors (Lipinski definition) is 4. The molecule has 1 saturated heterocycles. The van der Waals surface area contributed by atoms with Crippen molar-refractivity contribution in [2.24, 2.45) is 0 Å². The first kappa shape index (κ1) is 14.4. The largest absolute Gasteiger partial charge is 0.394 e. The van der Waals surface area contributed by atoms with Gasteiger partial charge in [-0.2, -0.15) is 0 Å². The van der Waals surface area contributed by atoms with E-state index in [1.165, 1.54) is 11.8 Å². The van der Waals surface area contributed by atoms with E-state index in [0.717, 1.165) is 18.6 Å². The monoisotopic (exact) mass is 282 g/mol. The zero-order chi connectivity index (χ0) is 14.9. The number of nitrogens with zero attached hydrogens (tertiary/aromatic N) is 2. The Balaban J connectivity index is 2.41. The standard InChI is InChI=1S/C13H15FN2O4/c1-8-5-10(16(19)20)6-11(12(8)14)13(18)15-4-2-3-9(15)7-17/h5-6,9,17H,2-4,7H2,1H3. The Morgan fingerprint density at radius 2 is 2.30 bits per heavy atom. The second-order valence-electron chi connectivity index (χ2n) is 4.86. The lowest BCUT2D eigenvalue weighted by molar-refractivity contribution is -0.385. The van der Waals surface area contributed by atoms with Crippen LogP contribution in [-0.4, -0.2) is 40.0 Å². The summed E-state index contributed by atoms with van der Waals surface area (Å²) in [4.78, 5) is 23.8. The summed E-state index contributed by atoms with van der Waals surface area (Å²) in [5, 5.41) is 20.0. The van der Waals surface area contributed by atoms with Crippen molar-refractivity contribution in [2.45, 2.75) is 25.8 Å². The number of aliphatic hydroxyl groups is 1. The van der Waals surface area contributed by atoms with E-state index in [-0.39, 0.29) is 29.5 Å². The van der Waals surface area contributed by atoms with Crippen LogP contribution in [0, 0.1) is 22.9 Å². The smallest absolute Gasteiger partial charge is 0.270 e. The number of nitro groups is 1. The summed E-state index contributed by atoms with van der Waals surface area (Å²) in [6.45, 7) is 1.61. The predicted molar refractivity (Wildman–Crippen MR) is 68.9 cm³/mol. The van der Waals surface area contributed by atoms with Gasteiger partial charge in [-0.05, 0) is 25.3 Å². The van der Waals surface area contributed by atoms with Gasteiger partial charge in [0.25, 0.3) is 11.6 Å². The molecule has 0 bridgehead atoms. The SMILES string of the molecule is Cc1cc([N+](=O)[O-])cc(C(=O)N2CCCC2CO)c1F. The van der Waals surface area contributed by atoms with Crippen molar-refractivity contribution in [3.8, 4) is 0 Å². The third-order valence-electron chi connectivity index (χ3n) is 3.53. The van der Waals surface area contributed by atoms with Crippen LogP contribution in [0.5, 0.6) is 0 Å². The third kappa shape index (κ3) is 2.49. The first-order valence-electron chi connectivity index (χ1n) is 6.32. The topological polar surface area (TPSA) is 83.7 Å². The molecule has 1 atom stereocenters. The zero-order valence-electron chi connectivity index (χ0n) is 11.0. The number of carbonyl (C=O) groups excluding carboxylic acids is 1. The van der Waals surface area contributed by atoms with Crippen molar-refractivity contribution in [3.05, 3.63) is 39.2 Å². The first-order chi connectivity index (χ1) is 9.45. The molecule has 0 saturated carbocycles. The van der Waals surface area contributed by atoms with Gasteiger partial charge in [-0.3, -0.25) is 14.9 Å². The van der Waals surface area contributed by atoms with Crippen molar-refractivity contribution < 1.29 is 19.2 Å². The molecule has 108 valence electrons. The number of amides is 1. The van der Waals surface area contributed by atoms with Crippen molar-refractivity contribution in [1.82, 2.24) is 4.90 Å². The van der Waals surface area contributed by atoms with Crippen molar-refractivity contribution in [1.29, 1.82) is 0 Å². The Hall–Kier alpha value is -2.02. The minimum absolute atomic E-state index is 0.0577. The highest BCUT2D eigenvalue weighted by atomic mass is 19.1. The van der Waals surface area contributed by atoms with E-state index in [1.807, 2.05) is 0 Å². The van der Waals surface area contributed by atoms with Gasteiger partial charge in [-0.15, -0.1) is 0 Å². The molecule has 0 radical (unpaired) electrons. The fourth-order valence-electron chi connectivity index (χ4n) is 2.46. The van der Waals surface area contributed by atoms with Gasteiger partial charge in [-0.25, -0.2) is 4.39 Å². The minimum atomic E-state index is -0.746. The lowest BCUT2D eigenvalue weighted by Crippen LogP contribution is -2.38. The molecule has 2 rings (SSSR count).